The maximum atomic E-state index is 4.49. The second-order valence-corrected chi connectivity index (χ2v) is 5.49. The number of benzene rings is 1. The summed E-state index contributed by atoms with van der Waals surface area (Å²) in [5.74, 6) is 0. The van der Waals surface area contributed by atoms with Gasteiger partial charge in [-0.2, -0.15) is 5.10 Å². The lowest BCUT2D eigenvalue weighted by Crippen LogP contribution is -2.28. The van der Waals surface area contributed by atoms with Crippen LogP contribution in [-0.2, 0) is 19.9 Å². The van der Waals surface area contributed by atoms with Crippen molar-refractivity contribution in [2.45, 2.75) is 39.2 Å². The molecule has 0 amide bonds. The topological polar surface area (TPSA) is 29.9 Å². The van der Waals surface area contributed by atoms with Crippen LogP contribution in [0.4, 0.5) is 0 Å². The molecule has 2 rings (SSSR count). The second kappa shape index (κ2) is 6.71. The smallest absolute Gasteiger partial charge is 0.0628 e. The van der Waals surface area contributed by atoms with E-state index in [0.29, 0.717) is 6.04 Å². The molecule has 1 heterocycles. The number of likely N-dealkylation sites (N-methyl/N-ethyl adjacent to an activating group) is 1. The van der Waals surface area contributed by atoms with Crippen LogP contribution in [0.25, 0.3) is 0 Å². The molecule has 1 aromatic carbocycles. The molecule has 1 N–H and O–H groups in total. The van der Waals surface area contributed by atoms with Crippen molar-refractivity contribution in [1.82, 2.24) is 15.1 Å². The number of hydrogen-bond donors (Lipinski definition) is 1. The molecule has 3 heteroatoms. The van der Waals surface area contributed by atoms with Gasteiger partial charge in [-0.15, -0.1) is 0 Å². The van der Waals surface area contributed by atoms with Crippen molar-refractivity contribution in [1.29, 1.82) is 0 Å². The summed E-state index contributed by atoms with van der Waals surface area (Å²) in [7, 11) is 4.07. The largest absolute Gasteiger partial charge is 0.317 e. The van der Waals surface area contributed by atoms with Crippen molar-refractivity contribution >= 4 is 0 Å². The van der Waals surface area contributed by atoms with E-state index >= 15 is 0 Å². The lowest BCUT2D eigenvalue weighted by molar-refractivity contribution is 0.519. The molecule has 108 valence electrons. The summed E-state index contributed by atoms with van der Waals surface area (Å²) in [4.78, 5) is 0. The molecule has 0 radical (unpaired) electrons. The first kappa shape index (κ1) is 14.8. The standard InChI is InChI=1S/C17H25N3/c1-13-17(14(2)20(4)19-13)11-10-16(18-3)12-15-8-6-5-7-9-15/h5-9,16,18H,10-12H2,1-4H3. The third-order valence-electron chi connectivity index (χ3n) is 4.13. The first-order chi connectivity index (χ1) is 9.61. The van der Waals surface area contributed by atoms with Crippen molar-refractivity contribution in [2.24, 2.45) is 7.05 Å². The number of hydrogen-bond acceptors (Lipinski definition) is 2. The molecule has 1 aromatic heterocycles. The van der Waals surface area contributed by atoms with E-state index in [1.54, 1.807) is 0 Å². The molecular weight excluding hydrogens is 246 g/mol. The van der Waals surface area contributed by atoms with E-state index in [1.807, 2.05) is 11.7 Å². The number of rotatable bonds is 6. The zero-order valence-electron chi connectivity index (χ0n) is 13.0. The van der Waals surface area contributed by atoms with Crippen molar-refractivity contribution < 1.29 is 0 Å². The van der Waals surface area contributed by atoms with Gasteiger partial charge in [-0.05, 0) is 51.3 Å². The third-order valence-corrected chi connectivity index (χ3v) is 4.13. The molecule has 0 fully saturated rings. The van der Waals surface area contributed by atoms with Gasteiger partial charge in [-0.1, -0.05) is 30.3 Å². The summed E-state index contributed by atoms with van der Waals surface area (Å²) >= 11 is 0. The number of nitrogens with zero attached hydrogens (tertiary/aromatic N) is 2. The van der Waals surface area contributed by atoms with Gasteiger partial charge in [0.15, 0.2) is 0 Å². The van der Waals surface area contributed by atoms with E-state index in [1.165, 1.54) is 22.5 Å². The second-order valence-electron chi connectivity index (χ2n) is 5.49. The maximum absolute atomic E-state index is 4.49. The van der Waals surface area contributed by atoms with Gasteiger partial charge in [-0.3, -0.25) is 4.68 Å². The van der Waals surface area contributed by atoms with Crippen molar-refractivity contribution in [3.63, 3.8) is 0 Å². The predicted octanol–water partition coefficient (Wildman–Crippen LogP) is 2.80. The highest BCUT2D eigenvalue weighted by Crippen LogP contribution is 2.16. The first-order valence-electron chi connectivity index (χ1n) is 7.32. The lowest BCUT2D eigenvalue weighted by atomic mass is 9.98. The zero-order chi connectivity index (χ0) is 14.5. The van der Waals surface area contributed by atoms with Crippen LogP contribution in [-0.4, -0.2) is 22.9 Å². The van der Waals surface area contributed by atoms with Gasteiger partial charge in [0.05, 0.1) is 5.69 Å². The number of aryl methyl sites for hydroxylation is 2. The molecule has 0 bridgehead atoms. The van der Waals surface area contributed by atoms with Crippen molar-refractivity contribution in [2.75, 3.05) is 7.05 Å². The molecule has 3 nitrogen and oxygen atoms in total. The minimum Gasteiger partial charge on any atom is -0.317 e. The maximum Gasteiger partial charge on any atom is 0.0628 e. The molecular formula is C17H25N3. The Hall–Kier alpha value is -1.61. The third kappa shape index (κ3) is 3.48. The van der Waals surface area contributed by atoms with Gasteiger partial charge >= 0.3 is 0 Å². The van der Waals surface area contributed by atoms with Gasteiger partial charge < -0.3 is 5.32 Å². The Kier molecular flexibility index (Phi) is 4.96. The van der Waals surface area contributed by atoms with Crippen LogP contribution in [0.2, 0.25) is 0 Å². The molecule has 1 unspecified atom stereocenters. The minimum atomic E-state index is 0.511. The Morgan fingerprint density at radius 2 is 1.90 bits per heavy atom. The summed E-state index contributed by atoms with van der Waals surface area (Å²) in [6.45, 7) is 4.26. The number of nitrogens with one attached hydrogen (secondary N) is 1. The molecule has 0 spiro atoms. The fourth-order valence-corrected chi connectivity index (χ4v) is 2.74. The summed E-state index contributed by atoms with van der Waals surface area (Å²) in [5, 5.41) is 7.93. The van der Waals surface area contributed by atoms with E-state index in [0.717, 1.165) is 19.3 Å². The van der Waals surface area contributed by atoms with Crippen LogP contribution >= 0.6 is 0 Å². The van der Waals surface area contributed by atoms with Gasteiger partial charge in [-0.25, -0.2) is 0 Å². The quantitative estimate of drug-likeness (QED) is 0.875. The van der Waals surface area contributed by atoms with Crippen LogP contribution in [0.1, 0.15) is 28.9 Å². The lowest BCUT2D eigenvalue weighted by Gasteiger charge is -2.16. The van der Waals surface area contributed by atoms with Gasteiger partial charge in [0, 0.05) is 18.8 Å². The van der Waals surface area contributed by atoms with Crippen LogP contribution in [0, 0.1) is 13.8 Å². The fourth-order valence-electron chi connectivity index (χ4n) is 2.74. The molecule has 2 aromatic rings. The molecule has 0 aliphatic heterocycles. The molecule has 0 aliphatic rings. The molecule has 1 atom stereocenters. The van der Waals surface area contributed by atoms with E-state index in [-0.39, 0.29) is 0 Å². The van der Waals surface area contributed by atoms with Crippen LogP contribution in [0.3, 0.4) is 0 Å². The molecule has 20 heavy (non-hydrogen) atoms. The zero-order valence-corrected chi connectivity index (χ0v) is 13.0. The van der Waals surface area contributed by atoms with Crippen LogP contribution in [0.5, 0.6) is 0 Å². The Morgan fingerprint density at radius 3 is 2.45 bits per heavy atom. The molecule has 0 aliphatic carbocycles. The summed E-state index contributed by atoms with van der Waals surface area (Å²) < 4.78 is 1.98. The SMILES string of the molecule is CNC(CCc1c(C)nn(C)c1C)Cc1ccccc1. The first-order valence-corrected chi connectivity index (χ1v) is 7.32. The van der Waals surface area contributed by atoms with E-state index in [4.69, 9.17) is 0 Å². The van der Waals surface area contributed by atoms with Gasteiger partial charge in [0.25, 0.3) is 0 Å². The Labute approximate surface area is 122 Å². The summed E-state index contributed by atoms with van der Waals surface area (Å²) in [5.41, 5.74) is 5.25. The van der Waals surface area contributed by atoms with Gasteiger partial charge in [0.1, 0.15) is 0 Å². The van der Waals surface area contributed by atoms with Gasteiger partial charge in [0.2, 0.25) is 0 Å². The Balaban J connectivity index is 1.97. The Morgan fingerprint density at radius 1 is 1.20 bits per heavy atom. The van der Waals surface area contributed by atoms with Crippen molar-refractivity contribution in [3.05, 3.63) is 52.8 Å². The predicted molar refractivity (Wildman–Crippen MR) is 84.0 cm³/mol. The Bertz CT molecular complexity index is 543. The summed E-state index contributed by atoms with van der Waals surface area (Å²) in [6, 6.07) is 11.2. The van der Waals surface area contributed by atoms with E-state index < -0.39 is 0 Å². The number of aromatic nitrogens is 2. The monoisotopic (exact) mass is 271 g/mol. The van der Waals surface area contributed by atoms with Crippen LogP contribution < -0.4 is 5.32 Å². The van der Waals surface area contributed by atoms with E-state index in [2.05, 4.69) is 61.6 Å². The molecule has 0 saturated carbocycles. The minimum absolute atomic E-state index is 0.511. The average Bonchev–Trinajstić information content (AvgIpc) is 2.70. The highest BCUT2D eigenvalue weighted by molar-refractivity contribution is 5.24. The van der Waals surface area contributed by atoms with E-state index in [9.17, 15) is 0 Å². The highest BCUT2D eigenvalue weighted by atomic mass is 15.3. The van der Waals surface area contributed by atoms with Crippen LogP contribution in [0.15, 0.2) is 30.3 Å². The average molecular weight is 271 g/mol. The van der Waals surface area contributed by atoms with Crippen molar-refractivity contribution in [3.8, 4) is 0 Å². The normalized spacial score (nSPS) is 12.6. The molecule has 0 saturated heterocycles. The fraction of sp³-hybridized carbons (Fsp3) is 0.471. The highest BCUT2D eigenvalue weighted by Gasteiger charge is 2.12. The summed E-state index contributed by atoms with van der Waals surface area (Å²) in [6.07, 6.45) is 3.30.